The SMILES string of the molecule is Cc1cccc2c1[nH]c1cccc(F)c12. The van der Waals surface area contributed by atoms with Gasteiger partial charge in [-0.05, 0) is 24.6 Å². The van der Waals surface area contributed by atoms with Gasteiger partial charge < -0.3 is 4.98 Å². The van der Waals surface area contributed by atoms with E-state index in [4.69, 9.17) is 0 Å². The Bertz CT molecular complexity index is 652. The molecule has 0 saturated carbocycles. The van der Waals surface area contributed by atoms with Crippen LogP contribution in [0.25, 0.3) is 21.8 Å². The van der Waals surface area contributed by atoms with E-state index in [0.29, 0.717) is 5.39 Å². The van der Waals surface area contributed by atoms with E-state index < -0.39 is 0 Å². The Labute approximate surface area is 86.5 Å². The number of nitrogens with one attached hydrogen (secondary N) is 1. The van der Waals surface area contributed by atoms with Gasteiger partial charge in [-0.1, -0.05) is 24.3 Å². The number of rotatable bonds is 0. The lowest BCUT2D eigenvalue weighted by molar-refractivity contribution is 0.640. The monoisotopic (exact) mass is 199 g/mol. The summed E-state index contributed by atoms with van der Waals surface area (Å²) in [7, 11) is 0. The van der Waals surface area contributed by atoms with Crippen LogP contribution >= 0.6 is 0 Å². The fourth-order valence-corrected chi connectivity index (χ4v) is 2.08. The summed E-state index contributed by atoms with van der Waals surface area (Å²) in [6.07, 6.45) is 0. The zero-order valence-corrected chi connectivity index (χ0v) is 8.34. The number of hydrogen-bond acceptors (Lipinski definition) is 0. The summed E-state index contributed by atoms with van der Waals surface area (Å²) in [5.74, 6) is -0.163. The van der Waals surface area contributed by atoms with Crippen LogP contribution < -0.4 is 0 Å². The van der Waals surface area contributed by atoms with Crippen LogP contribution in [0.2, 0.25) is 0 Å². The predicted molar refractivity (Wildman–Crippen MR) is 60.5 cm³/mol. The van der Waals surface area contributed by atoms with Gasteiger partial charge >= 0.3 is 0 Å². The van der Waals surface area contributed by atoms with E-state index in [1.165, 1.54) is 6.07 Å². The fraction of sp³-hybridized carbons (Fsp3) is 0.0769. The molecule has 0 aliphatic heterocycles. The molecule has 0 fully saturated rings. The fourth-order valence-electron chi connectivity index (χ4n) is 2.08. The molecular formula is C13H10FN. The minimum Gasteiger partial charge on any atom is -0.354 e. The maximum atomic E-state index is 13.7. The van der Waals surface area contributed by atoms with Crippen LogP contribution in [0.4, 0.5) is 4.39 Å². The molecule has 2 heteroatoms. The number of aryl methyl sites for hydroxylation is 1. The van der Waals surface area contributed by atoms with Gasteiger partial charge in [0.1, 0.15) is 5.82 Å². The van der Waals surface area contributed by atoms with Gasteiger partial charge in [0.15, 0.2) is 0 Å². The van der Waals surface area contributed by atoms with Gasteiger partial charge in [-0.2, -0.15) is 0 Å². The summed E-state index contributed by atoms with van der Waals surface area (Å²) in [4.78, 5) is 3.25. The van der Waals surface area contributed by atoms with Gasteiger partial charge in [0.25, 0.3) is 0 Å². The molecule has 0 atom stereocenters. The number of benzene rings is 2. The highest BCUT2D eigenvalue weighted by molar-refractivity contribution is 6.08. The van der Waals surface area contributed by atoms with Gasteiger partial charge in [0, 0.05) is 21.8 Å². The summed E-state index contributed by atoms with van der Waals surface area (Å²) < 4.78 is 13.7. The molecule has 1 nitrogen and oxygen atoms in total. The number of aromatic nitrogens is 1. The lowest BCUT2D eigenvalue weighted by atomic mass is 10.1. The summed E-state index contributed by atoms with van der Waals surface area (Å²) in [5, 5.41) is 1.65. The Morgan fingerprint density at radius 1 is 1.07 bits per heavy atom. The zero-order chi connectivity index (χ0) is 10.4. The van der Waals surface area contributed by atoms with Crippen LogP contribution in [0.1, 0.15) is 5.56 Å². The number of halogens is 1. The summed E-state index contributed by atoms with van der Waals surface area (Å²) in [5.41, 5.74) is 3.03. The van der Waals surface area contributed by atoms with Gasteiger partial charge in [-0.15, -0.1) is 0 Å². The molecule has 2 aromatic carbocycles. The quantitative estimate of drug-likeness (QED) is 0.567. The maximum absolute atomic E-state index is 13.7. The molecule has 1 aromatic heterocycles. The molecule has 0 aliphatic carbocycles. The average Bonchev–Trinajstić information content (AvgIpc) is 2.59. The van der Waals surface area contributed by atoms with E-state index in [9.17, 15) is 4.39 Å². The molecule has 15 heavy (non-hydrogen) atoms. The van der Waals surface area contributed by atoms with Crippen molar-refractivity contribution < 1.29 is 4.39 Å². The molecule has 0 radical (unpaired) electrons. The molecule has 74 valence electrons. The molecule has 0 amide bonds. The van der Waals surface area contributed by atoms with Crippen molar-refractivity contribution in [3.05, 3.63) is 47.8 Å². The second-order valence-corrected chi connectivity index (χ2v) is 3.78. The van der Waals surface area contributed by atoms with Gasteiger partial charge in [0.2, 0.25) is 0 Å². The smallest absolute Gasteiger partial charge is 0.133 e. The van der Waals surface area contributed by atoms with Gasteiger partial charge in [-0.3, -0.25) is 0 Å². The second kappa shape index (κ2) is 2.83. The molecule has 3 aromatic rings. The third-order valence-corrected chi connectivity index (χ3v) is 2.82. The van der Waals surface area contributed by atoms with Crippen LogP contribution in [0.15, 0.2) is 36.4 Å². The highest BCUT2D eigenvalue weighted by atomic mass is 19.1. The number of aromatic amines is 1. The Balaban J connectivity index is 2.65. The highest BCUT2D eigenvalue weighted by Crippen LogP contribution is 2.28. The minimum absolute atomic E-state index is 0.163. The highest BCUT2D eigenvalue weighted by Gasteiger charge is 2.08. The lowest BCUT2D eigenvalue weighted by Gasteiger charge is -1.94. The lowest BCUT2D eigenvalue weighted by Crippen LogP contribution is -1.75. The summed E-state index contributed by atoms with van der Waals surface area (Å²) in [6, 6.07) is 11.1. The molecule has 1 heterocycles. The van der Waals surface area contributed by atoms with Crippen molar-refractivity contribution in [3.8, 4) is 0 Å². The summed E-state index contributed by atoms with van der Waals surface area (Å²) >= 11 is 0. The molecule has 0 saturated heterocycles. The van der Waals surface area contributed by atoms with Gasteiger partial charge in [-0.25, -0.2) is 4.39 Å². The molecule has 3 rings (SSSR count). The van der Waals surface area contributed by atoms with E-state index in [2.05, 4.69) is 4.98 Å². The Hall–Kier alpha value is -1.83. The predicted octanol–water partition coefficient (Wildman–Crippen LogP) is 3.77. The molecule has 0 unspecified atom stereocenters. The van der Waals surface area contributed by atoms with E-state index in [1.54, 1.807) is 6.07 Å². The van der Waals surface area contributed by atoms with Crippen molar-refractivity contribution in [1.29, 1.82) is 0 Å². The van der Waals surface area contributed by atoms with Crippen LogP contribution in [-0.2, 0) is 0 Å². The number of fused-ring (bicyclic) bond motifs is 3. The number of para-hydroxylation sites is 1. The van der Waals surface area contributed by atoms with Crippen LogP contribution in [0, 0.1) is 12.7 Å². The molecular weight excluding hydrogens is 189 g/mol. The van der Waals surface area contributed by atoms with Crippen LogP contribution in [-0.4, -0.2) is 4.98 Å². The third-order valence-electron chi connectivity index (χ3n) is 2.82. The van der Waals surface area contributed by atoms with Crippen molar-refractivity contribution in [1.82, 2.24) is 4.98 Å². The third kappa shape index (κ3) is 1.08. The number of hydrogen-bond donors (Lipinski definition) is 1. The standard InChI is InChI=1S/C13H10FN/c1-8-4-2-5-9-12-10(14)6-3-7-11(12)15-13(8)9/h2-7,15H,1H3. The topological polar surface area (TPSA) is 15.8 Å². The Morgan fingerprint density at radius 2 is 1.87 bits per heavy atom. The molecule has 0 bridgehead atoms. The maximum Gasteiger partial charge on any atom is 0.133 e. The summed E-state index contributed by atoms with van der Waals surface area (Å²) in [6.45, 7) is 2.02. The van der Waals surface area contributed by atoms with Crippen molar-refractivity contribution >= 4 is 21.8 Å². The first-order valence-electron chi connectivity index (χ1n) is 4.93. The molecule has 0 spiro atoms. The normalized spacial score (nSPS) is 11.3. The van der Waals surface area contributed by atoms with Crippen LogP contribution in [0.5, 0.6) is 0 Å². The first-order valence-corrected chi connectivity index (χ1v) is 4.93. The molecule has 0 aliphatic rings. The van der Waals surface area contributed by atoms with Crippen LogP contribution in [0.3, 0.4) is 0 Å². The molecule has 1 N–H and O–H groups in total. The van der Waals surface area contributed by atoms with E-state index in [0.717, 1.165) is 22.0 Å². The first-order chi connectivity index (χ1) is 7.27. The van der Waals surface area contributed by atoms with E-state index in [1.807, 2.05) is 31.2 Å². The first kappa shape index (κ1) is 8.48. The van der Waals surface area contributed by atoms with Crippen molar-refractivity contribution in [2.75, 3.05) is 0 Å². The van der Waals surface area contributed by atoms with E-state index in [-0.39, 0.29) is 5.82 Å². The Morgan fingerprint density at radius 3 is 2.73 bits per heavy atom. The Kier molecular flexibility index (Phi) is 1.60. The largest absolute Gasteiger partial charge is 0.354 e. The van der Waals surface area contributed by atoms with Crippen molar-refractivity contribution in [3.63, 3.8) is 0 Å². The van der Waals surface area contributed by atoms with Gasteiger partial charge in [0.05, 0.1) is 0 Å². The minimum atomic E-state index is -0.163. The van der Waals surface area contributed by atoms with Crippen molar-refractivity contribution in [2.45, 2.75) is 6.92 Å². The van der Waals surface area contributed by atoms with Crippen molar-refractivity contribution in [2.24, 2.45) is 0 Å². The second-order valence-electron chi connectivity index (χ2n) is 3.78. The van der Waals surface area contributed by atoms with E-state index >= 15 is 0 Å². The average molecular weight is 199 g/mol. The number of H-pyrrole nitrogens is 1. The zero-order valence-electron chi connectivity index (χ0n) is 8.34.